The smallest absolute Gasteiger partial charge is 0.318 e. The molecule has 3 heteroatoms. The van der Waals surface area contributed by atoms with Crippen LogP contribution in [0.3, 0.4) is 0 Å². The maximum atomic E-state index is 12.7. The highest BCUT2D eigenvalue weighted by Crippen LogP contribution is 2.25. The van der Waals surface area contributed by atoms with Crippen LogP contribution >= 0.6 is 0 Å². The summed E-state index contributed by atoms with van der Waals surface area (Å²) in [6.45, 7) is 4.41. The number of nitrogens with zero attached hydrogens (tertiary/aromatic N) is 1. The molecule has 0 spiro atoms. The maximum absolute atomic E-state index is 12.7. The maximum Gasteiger partial charge on any atom is 0.318 e. The molecule has 0 aliphatic rings. The molecule has 0 atom stereocenters. The number of benzene rings is 2. The molecule has 23 heavy (non-hydrogen) atoms. The summed E-state index contributed by atoms with van der Waals surface area (Å²) in [5, 5.41) is 0. The van der Waals surface area contributed by atoms with Crippen molar-refractivity contribution in [2.75, 3.05) is 33.8 Å². The number of hydrogen-bond acceptors (Lipinski definition) is 2. The van der Waals surface area contributed by atoms with Crippen LogP contribution in [0.4, 0.5) is 0 Å². The van der Waals surface area contributed by atoms with Crippen molar-refractivity contribution in [2.45, 2.75) is 12.8 Å². The molecule has 0 N–H and O–H groups in total. The molecular weight excluding hydrogens is 286 g/mol. The first kappa shape index (κ1) is 17.2. The highest BCUT2D eigenvalue weighted by molar-refractivity contribution is 5.82. The topological polar surface area (TPSA) is 26.3 Å². The standard InChI is InChI=1S/C20H26NO2/c1-4-21(2,3)15-16-23-20(22)19(17-11-7-5-8-12-17)18-13-9-6-10-14-18/h5-14,19H,4,15-16H2,1-3H3/q+1. The van der Waals surface area contributed by atoms with Crippen LogP contribution in [-0.2, 0) is 9.53 Å². The quantitative estimate of drug-likeness (QED) is 0.578. The number of rotatable bonds is 7. The fraction of sp³-hybridized carbons (Fsp3) is 0.350. The Balaban J connectivity index is 2.13. The minimum Gasteiger partial charge on any atom is -0.459 e. The predicted octanol–water partition coefficient (Wildman–Crippen LogP) is 3.46. The lowest BCUT2D eigenvalue weighted by Gasteiger charge is -2.28. The highest BCUT2D eigenvalue weighted by Gasteiger charge is 2.24. The molecule has 122 valence electrons. The Morgan fingerprint density at radius 3 is 1.87 bits per heavy atom. The zero-order valence-electron chi connectivity index (χ0n) is 14.2. The summed E-state index contributed by atoms with van der Waals surface area (Å²) in [6, 6.07) is 19.6. The SMILES string of the molecule is CC[N+](C)(C)CCOC(=O)C(c1ccccc1)c1ccccc1. The monoisotopic (exact) mass is 312 g/mol. The van der Waals surface area contributed by atoms with Crippen LogP contribution in [0.1, 0.15) is 24.0 Å². The van der Waals surface area contributed by atoms with E-state index in [1.165, 1.54) is 0 Å². The molecule has 0 bridgehead atoms. The average molecular weight is 312 g/mol. The van der Waals surface area contributed by atoms with Gasteiger partial charge in [0, 0.05) is 0 Å². The van der Waals surface area contributed by atoms with Crippen molar-refractivity contribution in [3.8, 4) is 0 Å². The van der Waals surface area contributed by atoms with E-state index < -0.39 is 0 Å². The summed E-state index contributed by atoms with van der Waals surface area (Å²) in [4.78, 5) is 12.7. The number of hydrogen-bond donors (Lipinski definition) is 0. The van der Waals surface area contributed by atoms with E-state index in [1.807, 2.05) is 60.7 Å². The zero-order chi connectivity index (χ0) is 16.7. The van der Waals surface area contributed by atoms with Crippen LogP contribution in [0.15, 0.2) is 60.7 Å². The Bertz CT molecular complexity index is 569. The Kier molecular flexibility index (Phi) is 5.94. The third-order valence-corrected chi connectivity index (χ3v) is 4.30. The third kappa shape index (κ3) is 4.93. The molecule has 2 aromatic rings. The van der Waals surface area contributed by atoms with E-state index >= 15 is 0 Å². The lowest BCUT2D eigenvalue weighted by atomic mass is 9.91. The Morgan fingerprint density at radius 2 is 1.43 bits per heavy atom. The van der Waals surface area contributed by atoms with Crippen molar-refractivity contribution >= 4 is 5.97 Å². The van der Waals surface area contributed by atoms with E-state index in [0.29, 0.717) is 6.61 Å². The molecule has 0 saturated carbocycles. The van der Waals surface area contributed by atoms with Gasteiger partial charge >= 0.3 is 5.97 Å². The lowest BCUT2D eigenvalue weighted by Crippen LogP contribution is -2.42. The minimum atomic E-state index is -0.366. The van der Waals surface area contributed by atoms with Gasteiger partial charge in [0.1, 0.15) is 19.1 Å². The molecule has 0 amide bonds. The van der Waals surface area contributed by atoms with Crippen LogP contribution in [0, 0.1) is 0 Å². The first-order valence-electron chi connectivity index (χ1n) is 8.12. The van der Waals surface area contributed by atoms with E-state index in [0.717, 1.165) is 28.7 Å². The van der Waals surface area contributed by atoms with E-state index in [4.69, 9.17) is 4.74 Å². The van der Waals surface area contributed by atoms with Gasteiger partial charge in [0.25, 0.3) is 0 Å². The summed E-state index contributed by atoms with van der Waals surface area (Å²) in [6.07, 6.45) is 0. The van der Waals surface area contributed by atoms with E-state index in [-0.39, 0.29) is 11.9 Å². The number of likely N-dealkylation sites (N-methyl/N-ethyl adjacent to an activating group) is 1. The summed E-state index contributed by atoms with van der Waals surface area (Å²) < 4.78 is 6.44. The van der Waals surface area contributed by atoms with Crippen molar-refractivity contribution in [3.05, 3.63) is 71.8 Å². The summed E-state index contributed by atoms with van der Waals surface area (Å²) >= 11 is 0. The van der Waals surface area contributed by atoms with Crippen LogP contribution in [0.2, 0.25) is 0 Å². The Labute approximate surface area is 139 Å². The van der Waals surface area contributed by atoms with Crippen molar-refractivity contribution in [3.63, 3.8) is 0 Å². The second-order valence-corrected chi connectivity index (χ2v) is 6.40. The molecule has 2 aromatic carbocycles. The van der Waals surface area contributed by atoms with Gasteiger partial charge in [-0.1, -0.05) is 60.7 Å². The van der Waals surface area contributed by atoms with Gasteiger partial charge in [-0.05, 0) is 18.1 Å². The number of ether oxygens (including phenoxy) is 1. The van der Waals surface area contributed by atoms with Gasteiger partial charge in [-0.25, -0.2) is 0 Å². The van der Waals surface area contributed by atoms with Gasteiger partial charge in [0.05, 0.1) is 20.6 Å². The molecule has 0 unspecified atom stereocenters. The number of quaternary nitrogens is 1. The molecule has 2 rings (SSSR count). The number of carbonyl (C=O) groups is 1. The number of carbonyl (C=O) groups excluding carboxylic acids is 1. The molecule has 0 aromatic heterocycles. The molecule has 0 radical (unpaired) electrons. The summed E-state index contributed by atoms with van der Waals surface area (Å²) in [5.41, 5.74) is 1.93. The van der Waals surface area contributed by atoms with E-state index in [9.17, 15) is 4.79 Å². The molecule has 0 aliphatic carbocycles. The summed E-state index contributed by atoms with van der Waals surface area (Å²) in [5.74, 6) is -0.548. The average Bonchev–Trinajstić information content (AvgIpc) is 2.57. The molecule has 0 aliphatic heterocycles. The van der Waals surface area contributed by atoms with Crippen molar-refractivity contribution < 1.29 is 14.0 Å². The van der Waals surface area contributed by atoms with Gasteiger partial charge in [0.2, 0.25) is 0 Å². The lowest BCUT2D eigenvalue weighted by molar-refractivity contribution is -0.888. The first-order chi connectivity index (χ1) is 11.0. The minimum absolute atomic E-state index is 0.182. The number of esters is 1. The van der Waals surface area contributed by atoms with Gasteiger partial charge in [-0.3, -0.25) is 4.79 Å². The second kappa shape index (κ2) is 7.93. The molecule has 0 heterocycles. The first-order valence-corrected chi connectivity index (χ1v) is 8.12. The van der Waals surface area contributed by atoms with Gasteiger partial charge in [-0.15, -0.1) is 0 Å². The van der Waals surface area contributed by atoms with Crippen LogP contribution < -0.4 is 0 Å². The molecule has 3 nitrogen and oxygen atoms in total. The zero-order valence-corrected chi connectivity index (χ0v) is 14.2. The van der Waals surface area contributed by atoms with E-state index in [2.05, 4.69) is 21.0 Å². The largest absolute Gasteiger partial charge is 0.459 e. The Hall–Kier alpha value is -2.13. The summed E-state index contributed by atoms with van der Waals surface area (Å²) in [7, 11) is 4.28. The van der Waals surface area contributed by atoms with Gasteiger partial charge < -0.3 is 9.22 Å². The van der Waals surface area contributed by atoms with Crippen molar-refractivity contribution in [1.29, 1.82) is 0 Å². The van der Waals surface area contributed by atoms with Crippen LogP contribution in [0.5, 0.6) is 0 Å². The highest BCUT2D eigenvalue weighted by atomic mass is 16.5. The molecule has 0 fully saturated rings. The molecular formula is C20H26NO2+. The van der Waals surface area contributed by atoms with Gasteiger partial charge in [0.15, 0.2) is 0 Å². The second-order valence-electron chi connectivity index (χ2n) is 6.40. The fourth-order valence-corrected chi connectivity index (χ4v) is 2.39. The van der Waals surface area contributed by atoms with Gasteiger partial charge in [-0.2, -0.15) is 0 Å². The van der Waals surface area contributed by atoms with Crippen molar-refractivity contribution in [2.24, 2.45) is 0 Å². The fourth-order valence-electron chi connectivity index (χ4n) is 2.39. The van der Waals surface area contributed by atoms with Crippen molar-refractivity contribution in [1.82, 2.24) is 0 Å². The predicted molar refractivity (Wildman–Crippen MR) is 93.2 cm³/mol. The normalized spacial score (nSPS) is 11.5. The van der Waals surface area contributed by atoms with E-state index in [1.54, 1.807) is 0 Å². The molecule has 0 saturated heterocycles. The van der Waals surface area contributed by atoms with Crippen LogP contribution in [0.25, 0.3) is 0 Å². The van der Waals surface area contributed by atoms with Crippen LogP contribution in [-0.4, -0.2) is 44.2 Å². The Morgan fingerprint density at radius 1 is 0.957 bits per heavy atom. The third-order valence-electron chi connectivity index (χ3n) is 4.30.